The van der Waals surface area contributed by atoms with E-state index in [4.69, 9.17) is 4.52 Å². The quantitative estimate of drug-likeness (QED) is 0.850. The highest BCUT2D eigenvalue weighted by Crippen LogP contribution is 2.18. The number of rotatable bonds is 5. The van der Waals surface area contributed by atoms with Gasteiger partial charge in [0.2, 0.25) is 0 Å². The monoisotopic (exact) mass is 285 g/mol. The van der Waals surface area contributed by atoms with Gasteiger partial charge in [0, 0.05) is 12.1 Å². The van der Waals surface area contributed by atoms with Gasteiger partial charge in [0.1, 0.15) is 17.4 Å². The molecule has 0 amide bonds. The van der Waals surface area contributed by atoms with Crippen molar-refractivity contribution < 1.29 is 4.52 Å². The average Bonchev–Trinajstić information content (AvgIpc) is 2.78. The number of aryl methyl sites for hydroxylation is 3. The van der Waals surface area contributed by atoms with E-state index in [0.717, 1.165) is 47.7 Å². The van der Waals surface area contributed by atoms with E-state index in [9.17, 15) is 5.26 Å². The van der Waals surface area contributed by atoms with Crippen molar-refractivity contribution in [1.82, 2.24) is 15.4 Å². The van der Waals surface area contributed by atoms with Crippen LogP contribution in [0.3, 0.4) is 0 Å². The number of anilines is 1. The molecule has 0 unspecified atom stereocenters. The minimum absolute atomic E-state index is 0.555. The Morgan fingerprint density at radius 2 is 1.90 bits per heavy atom. The van der Waals surface area contributed by atoms with Crippen molar-refractivity contribution in [1.29, 1.82) is 5.26 Å². The normalized spacial score (nSPS) is 10.4. The lowest BCUT2D eigenvalue weighted by atomic mass is 10.1. The summed E-state index contributed by atoms with van der Waals surface area (Å²) in [7, 11) is 0. The summed E-state index contributed by atoms with van der Waals surface area (Å²) in [6.07, 6.45) is 1.79. The summed E-state index contributed by atoms with van der Waals surface area (Å²) in [5.74, 6) is 1.43. The van der Waals surface area contributed by atoms with E-state index in [-0.39, 0.29) is 0 Å². The number of hydrogen-bond donors (Lipinski definition) is 1. The molecule has 21 heavy (non-hydrogen) atoms. The Morgan fingerprint density at radius 3 is 2.52 bits per heavy atom. The van der Waals surface area contributed by atoms with Crippen molar-refractivity contribution in [3.05, 3.63) is 33.8 Å². The van der Waals surface area contributed by atoms with Crippen LogP contribution in [0.15, 0.2) is 4.52 Å². The molecule has 6 nitrogen and oxygen atoms in total. The number of nitrogens with one attached hydrogen (secondary N) is 1. The van der Waals surface area contributed by atoms with E-state index in [1.165, 1.54) is 0 Å². The number of nitriles is 1. The first-order valence-electron chi connectivity index (χ1n) is 6.94. The molecule has 0 fully saturated rings. The SMILES string of the molecule is Cc1nnc(NCCCc2c(C)noc2C)c(C#N)c1C. The Bertz CT molecular complexity index is 665. The maximum atomic E-state index is 9.22. The van der Waals surface area contributed by atoms with Crippen molar-refractivity contribution >= 4 is 5.82 Å². The first kappa shape index (κ1) is 15.0. The predicted octanol–water partition coefficient (Wildman–Crippen LogP) is 2.61. The molecule has 2 rings (SSSR count). The standard InChI is InChI=1S/C15H19N5O/c1-9-10(2)18-19-15(14(9)8-16)17-7-5-6-13-11(3)20-21-12(13)4/h5-7H2,1-4H3,(H,17,19). The number of aromatic nitrogens is 3. The van der Waals surface area contributed by atoms with E-state index in [1.807, 2.05) is 27.7 Å². The van der Waals surface area contributed by atoms with Crippen LogP contribution in [-0.2, 0) is 6.42 Å². The van der Waals surface area contributed by atoms with Crippen LogP contribution in [0, 0.1) is 39.0 Å². The fourth-order valence-corrected chi connectivity index (χ4v) is 2.20. The largest absolute Gasteiger partial charge is 0.367 e. The second kappa shape index (κ2) is 6.35. The molecule has 2 aromatic heterocycles. The molecule has 2 heterocycles. The Kier molecular flexibility index (Phi) is 4.53. The summed E-state index contributed by atoms with van der Waals surface area (Å²) in [5.41, 5.74) is 4.33. The minimum atomic E-state index is 0.555. The van der Waals surface area contributed by atoms with E-state index in [2.05, 4.69) is 26.7 Å². The summed E-state index contributed by atoms with van der Waals surface area (Å²) in [4.78, 5) is 0. The molecule has 1 N–H and O–H groups in total. The third-order valence-electron chi connectivity index (χ3n) is 3.64. The van der Waals surface area contributed by atoms with Crippen molar-refractivity contribution in [2.75, 3.05) is 11.9 Å². The summed E-state index contributed by atoms with van der Waals surface area (Å²) in [5, 5.41) is 24.5. The molecule has 6 heteroatoms. The second-order valence-electron chi connectivity index (χ2n) is 5.08. The highest BCUT2D eigenvalue weighted by atomic mass is 16.5. The number of nitrogens with zero attached hydrogens (tertiary/aromatic N) is 4. The Morgan fingerprint density at radius 1 is 1.14 bits per heavy atom. The van der Waals surface area contributed by atoms with Crippen LogP contribution in [0.4, 0.5) is 5.82 Å². The van der Waals surface area contributed by atoms with Crippen molar-refractivity contribution in [2.45, 2.75) is 40.5 Å². The zero-order valence-electron chi connectivity index (χ0n) is 12.8. The van der Waals surface area contributed by atoms with E-state index < -0.39 is 0 Å². The second-order valence-corrected chi connectivity index (χ2v) is 5.08. The molecule has 110 valence electrons. The van der Waals surface area contributed by atoms with Crippen LogP contribution in [0.1, 0.15) is 40.3 Å². The molecule has 0 atom stereocenters. The van der Waals surface area contributed by atoms with Gasteiger partial charge < -0.3 is 9.84 Å². The number of hydrogen-bond acceptors (Lipinski definition) is 6. The lowest BCUT2D eigenvalue weighted by Crippen LogP contribution is -2.09. The molecule has 2 aromatic rings. The third kappa shape index (κ3) is 3.19. The van der Waals surface area contributed by atoms with E-state index in [0.29, 0.717) is 11.4 Å². The Balaban J connectivity index is 1.96. The molecule has 0 saturated carbocycles. The van der Waals surface area contributed by atoms with Crippen molar-refractivity contribution in [3.8, 4) is 6.07 Å². The van der Waals surface area contributed by atoms with Gasteiger partial charge >= 0.3 is 0 Å². The van der Waals surface area contributed by atoms with Crippen LogP contribution in [-0.4, -0.2) is 21.9 Å². The molecular formula is C15H19N5O. The van der Waals surface area contributed by atoms with Gasteiger partial charge in [-0.3, -0.25) is 0 Å². The van der Waals surface area contributed by atoms with Crippen molar-refractivity contribution in [2.24, 2.45) is 0 Å². The molecule has 0 aromatic carbocycles. The van der Waals surface area contributed by atoms with Gasteiger partial charge in [-0.1, -0.05) is 5.16 Å². The summed E-state index contributed by atoms with van der Waals surface area (Å²) >= 11 is 0. The maximum Gasteiger partial charge on any atom is 0.166 e. The molecule has 0 saturated heterocycles. The van der Waals surface area contributed by atoms with Gasteiger partial charge in [-0.05, 0) is 46.1 Å². The predicted molar refractivity (Wildman–Crippen MR) is 79.0 cm³/mol. The van der Waals surface area contributed by atoms with Crippen LogP contribution in [0.25, 0.3) is 0 Å². The van der Waals surface area contributed by atoms with Crippen LogP contribution >= 0.6 is 0 Å². The molecular weight excluding hydrogens is 266 g/mol. The molecule has 0 radical (unpaired) electrons. The fourth-order valence-electron chi connectivity index (χ4n) is 2.20. The first-order chi connectivity index (χ1) is 10.0. The lowest BCUT2D eigenvalue weighted by molar-refractivity contribution is 0.392. The minimum Gasteiger partial charge on any atom is -0.367 e. The average molecular weight is 285 g/mol. The van der Waals surface area contributed by atoms with Gasteiger partial charge in [0.15, 0.2) is 5.82 Å². The summed E-state index contributed by atoms with van der Waals surface area (Å²) < 4.78 is 5.14. The molecule has 0 bridgehead atoms. The fraction of sp³-hybridized carbons (Fsp3) is 0.467. The summed E-state index contributed by atoms with van der Waals surface area (Å²) in [6, 6.07) is 2.19. The zero-order valence-corrected chi connectivity index (χ0v) is 12.8. The van der Waals surface area contributed by atoms with Gasteiger partial charge in [0.05, 0.1) is 11.4 Å². The topological polar surface area (TPSA) is 87.6 Å². The van der Waals surface area contributed by atoms with Crippen molar-refractivity contribution in [3.63, 3.8) is 0 Å². The first-order valence-corrected chi connectivity index (χ1v) is 6.94. The summed E-state index contributed by atoms with van der Waals surface area (Å²) in [6.45, 7) is 8.32. The molecule has 0 aliphatic heterocycles. The van der Waals surface area contributed by atoms with Crippen LogP contribution < -0.4 is 5.32 Å². The lowest BCUT2D eigenvalue weighted by Gasteiger charge is -2.09. The van der Waals surface area contributed by atoms with Crippen LogP contribution in [0.5, 0.6) is 0 Å². The zero-order chi connectivity index (χ0) is 15.4. The van der Waals surface area contributed by atoms with E-state index >= 15 is 0 Å². The van der Waals surface area contributed by atoms with Gasteiger partial charge in [0.25, 0.3) is 0 Å². The smallest absolute Gasteiger partial charge is 0.166 e. The van der Waals surface area contributed by atoms with E-state index in [1.54, 1.807) is 0 Å². The molecule has 0 spiro atoms. The van der Waals surface area contributed by atoms with Gasteiger partial charge in [-0.2, -0.15) is 10.4 Å². The highest BCUT2D eigenvalue weighted by Gasteiger charge is 2.11. The maximum absolute atomic E-state index is 9.22. The van der Waals surface area contributed by atoms with Gasteiger partial charge in [-0.25, -0.2) is 0 Å². The van der Waals surface area contributed by atoms with Gasteiger partial charge in [-0.15, -0.1) is 5.10 Å². The highest BCUT2D eigenvalue weighted by molar-refractivity contribution is 5.55. The molecule has 0 aliphatic rings. The molecule has 0 aliphatic carbocycles. The Labute approximate surface area is 124 Å². The third-order valence-corrected chi connectivity index (χ3v) is 3.64. The Hall–Kier alpha value is -2.42. The van der Waals surface area contributed by atoms with Crippen LogP contribution in [0.2, 0.25) is 0 Å².